The first-order valence-electron chi connectivity index (χ1n) is 7.42. The van der Waals surface area contributed by atoms with Crippen molar-refractivity contribution >= 4 is 18.3 Å². The Morgan fingerprint density at radius 3 is 2.71 bits per heavy atom. The second-order valence-corrected chi connectivity index (χ2v) is 5.13. The summed E-state index contributed by atoms with van der Waals surface area (Å²) in [5.74, 6) is -0.379. The van der Waals surface area contributed by atoms with E-state index in [1.165, 1.54) is 19.2 Å². The van der Waals surface area contributed by atoms with Crippen LogP contribution in [0.5, 0.6) is 0 Å². The largest absolute Gasteiger partial charge is 0.380 e. The zero-order valence-corrected chi connectivity index (χ0v) is 14.3. The van der Waals surface area contributed by atoms with Crippen LogP contribution in [0.25, 0.3) is 5.69 Å². The number of amides is 1. The lowest BCUT2D eigenvalue weighted by Crippen LogP contribution is -2.33. The molecule has 2 aromatic rings. The molecule has 0 bridgehead atoms. The zero-order valence-electron chi connectivity index (χ0n) is 13.4. The van der Waals surface area contributed by atoms with Crippen molar-refractivity contribution in [3.63, 3.8) is 0 Å². The van der Waals surface area contributed by atoms with Gasteiger partial charge in [-0.25, -0.2) is 9.07 Å². The fraction of sp³-hybridized carbons (Fsp3) is 0.375. The number of rotatable bonds is 8. The topological polar surface area (TPSA) is 82.2 Å². The third kappa shape index (κ3) is 5.92. The Morgan fingerprint density at radius 2 is 2.08 bits per heavy atom. The average Bonchev–Trinajstić information content (AvgIpc) is 3.02. The molecule has 0 saturated carbocycles. The quantitative estimate of drug-likeness (QED) is 0.750. The summed E-state index contributed by atoms with van der Waals surface area (Å²) in [5.41, 5.74) is 7.11. The summed E-state index contributed by atoms with van der Waals surface area (Å²) in [5, 5.41) is 7.21. The normalized spacial score (nSPS) is 11.6. The summed E-state index contributed by atoms with van der Waals surface area (Å²) in [6.07, 6.45) is 2.41. The van der Waals surface area contributed by atoms with Gasteiger partial charge in [-0.2, -0.15) is 5.10 Å². The first-order chi connectivity index (χ1) is 11.1. The van der Waals surface area contributed by atoms with Gasteiger partial charge in [0.05, 0.1) is 23.9 Å². The van der Waals surface area contributed by atoms with Crippen molar-refractivity contribution in [1.29, 1.82) is 0 Å². The SMILES string of the molecule is COC(CN)CC(=O)NCCc1ccn(-c2ccc(F)cc2)n1.Cl. The van der Waals surface area contributed by atoms with Gasteiger partial charge in [-0.05, 0) is 30.3 Å². The van der Waals surface area contributed by atoms with Gasteiger partial charge in [-0.3, -0.25) is 4.79 Å². The molecule has 3 N–H and O–H groups in total. The highest BCUT2D eigenvalue weighted by atomic mass is 35.5. The molecule has 0 radical (unpaired) electrons. The Hall–Kier alpha value is -1.96. The molecule has 24 heavy (non-hydrogen) atoms. The van der Waals surface area contributed by atoms with E-state index in [9.17, 15) is 9.18 Å². The molecule has 0 fully saturated rings. The molecule has 1 unspecified atom stereocenters. The molecule has 1 aromatic carbocycles. The van der Waals surface area contributed by atoms with Gasteiger partial charge in [-0.15, -0.1) is 12.4 Å². The minimum Gasteiger partial charge on any atom is -0.380 e. The summed E-state index contributed by atoms with van der Waals surface area (Å²) in [6, 6.07) is 7.96. The fourth-order valence-electron chi connectivity index (χ4n) is 2.10. The lowest BCUT2D eigenvalue weighted by atomic mass is 10.2. The second kappa shape index (κ2) is 10.0. The Balaban J connectivity index is 0.00000288. The zero-order chi connectivity index (χ0) is 16.7. The third-order valence-corrected chi connectivity index (χ3v) is 3.45. The molecule has 132 valence electrons. The van der Waals surface area contributed by atoms with E-state index in [4.69, 9.17) is 10.5 Å². The van der Waals surface area contributed by atoms with Crippen molar-refractivity contribution < 1.29 is 13.9 Å². The highest BCUT2D eigenvalue weighted by molar-refractivity contribution is 5.85. The van der Waals surface area contributed by atoms with Crippen LogP contribution in [0, 0.1) is 5.82 Å². The van der Waals surface area contributed by atoms with Gasteiger partial charge >= 0.3 is 0 Å². The Bertz CT molecular complexity index is 629. The predicted molar refractivity (Wildman–Crippen MR) is 92.0 cm³/mol. The van der Waals surface area contributed by atoms with Gasteiger partial charge in [0, 0.05) is 32.8 Å². The van der Waals surface area contributed by atoms with E-state index in [1.54, 1.807) is 23.0 Å². The van der Waals surface area contributed by atoms with Crippen molar-refractivity contribution in [2.45, 2.75) is 18.9 Å². The maximum atomic E-state index is 12.9. The number of nitrogens with two attached hydrogens (primary N) is 1. The monoisotopic (exact) mass is 356 g/mol. The maximum absolute atomic E-state index is 12.9. The number of benzene rings is 1. The number of ether oxygens (including phenoxy) is 1. The van der Waals surface area contributed by atoms with Crippen molar-refractivity contribution in [2.75, 3.05) is 20.2 Å². The minimum atomic E-state index is -0.282. The van der Waals surface area contributed by atoms with Crippen LogP contribution in [0.2, 0.25) is 0 Å². The molecule has 0 saturated heterocycles. The number of methoxy groups -OCH3 is 1. The standard InChI is InChI=1S/C16H21FN4O2.ClH/c1-23-15(11-18)10-16(22)19-8-6-13-7-9-21(20-13)14-4-2-12(17)3-5-14;/h2-5,7,9,15H,6,8,10-11,18H2,1H3,(H,19,22);1H. The van der Waals surface area contributed by atoms with Crippen LogP contribution >= 0.6 is 12.4 Å². The Morgan fingerprint density at radius 1 is 1.38 bits per heavy atom. The molecule has 0 aliphatic rings. The first-order valence-corrected chi connectivity index (χ1v) is 7.42. The maximum Gasteiger partial charge on any atom is 0.222 e. The summed E-state index contributed by atoms with van der Waals surface area (Å²) >= 11 is 0. The molecule has 1 amide bonds. The van der Waals surface area contributed by atoms with Crippen molar-refractivity contribution in [2.24, 2.45) is 5.73 Å². The molecule has 1 heterocycles. The van der Waals surface area contributed by atoms with Crippen molar-refractivity contribution in [3.8, 4) is 5.69 Å². The molecular weight excluding hydrogens is 335 g/mol. The van der Waals surface area contributed by atoms with E-state index < -0.39 is 0 Å². The van der Waals surface area contributed by atoms with E-state index >= 15 is 0 Å². The molecule has 0 aliphatic carbocycles. The molecule has 0 aliphatic heterocycles. The minimum absolute atomic E-state index is 0. The smallest absolute Gasteiger partial charge is 0.222 e. The number of carbonyl (C=O) groups is 1. The number of aromatic nitrogens is 2. The van der Waals surface area contributed by atoms with E-state index in [0.717, 1.165) is 11.4 Å². The number of halogens is 2. The second-order valence-electron chi connectivity index (χ2n) is 5.13. The van der Waals surface area contributed by atoms with Crippen LogP contribution in [0.3, 0.4) is 0 Å². The van der Waals surface area contributed by atoms with Crippen LogP contribution in [0.4, 0.5) is 4.39 Å². The van der Waals surface area contributed by atoms with Crippen LogP contribution in [-0.4, -0.2) is 42.0 Å². The predicted octanol–water partition coefficient (Wildman–Crippen LogP) is 1.46. The number of hydrogen-bond donors (Lipinski definition) is 2. The summed E-state index contributed by atoms with van der Waals surface area (Å²) in [6.45, 7) is 0.798. The Kier molecular flexibility index (Phi) is 8.39. The van der Waals surface area contributed by atoms with Crippen LogP contribution in [0.1, 0.15) is 12.1 Å². The average molecular weight is 357 g/mol. The number of nitrogens with zero attached hydrogens (tertiary/aromatic N) is 2. The molecule has 1 atom stereocenters. The van der Waals surface area contributed by atoms with Crippen LogP contribution in [0.15, 0.2) is 36.5 Å². The van der Waals surface area contributed by atoms with E-state index in [0.29, 0.717) is 19.5 Å². The number of hydrogen-bond acceptors (Lipinski definition) is 4. The summed E-state index contributed by atoms with van der Waals surface area (Å²) in [7, 11) is 1.53. The van der Waals surface area contributed by atoms with E-state index in [1.807, 2.05) is 6.07 Å². The number of carbonyl (C=O) groups excluding carboxylic acids is 1. The highest BCUT2D eigenvalue weighted by Gasteiger charge is 2.11. The van der Waals surface area contributed by atoms with E-state index in [-0.39, 0.29) is 36.7 Å². The van der Waals surface area contributed by atoms with Crippen LogP contribution < -0.4 is 11.1 Å². The molecule has 2 rings (SSSR count). The van der Waals surface area contributed by atoms with Gasteiger partial charge in [0.2, 0.25) is 5.91 Å². The van der Waals surface area contributed by atoms with Gasteiger partial charge in [0.15, 0.2) is 0 Å². The lowest BCUT2D eigenvalue weighted by molar-refractivity contribution is -0.123. The molecule has 8 heteroatoms. The highest BCUT2D eigenvalue weighted by Crippen LogP contribution is 2.09. The van der Waals surface area contributed by atoms with Crippen molar-refractivity contribution in [3.05, 3.63) is 48.0 Å². The van der Waals surface area contributed by atoms with Gasteiger partial charge in [-0.1, -0.05) is 0 Å². The first kappa shape index (κ1) is 20.1. The molecule has 1 aromatic heterocycles. The van der Waals surface area contributed by atoms with Gasteiger partial charge < -0.3 is 15.8 Å². The van der Waals surface area contributed by atoms with E-state index in [2.05, 4.69) is 10.4 Å². The lowest BCUT2D eigenvalue weighted by Gasteiger charge is -2.12. The summed E-state index contributed by atoms with van der Waals surface area (Å²) < 4.78 is 19.6. The number of nitrogens with one attached hydrogen (secondary N) is 1. The fourth-order valence-corrected chi connectivity index (χ4v) is 2.10. The molecule has 0 spiro atoms. The van der Waals surface area contributed by atoms with Gasteiger partial charge in [0.25, 0.3) is 0 Å². The molecular formula is C16H22ClFN4O2. The Labute approximate surface area is 146 Å². The van der Waals surface area contributed by atoms with Crippen molar-refractivity contribution in [1.82, 2.24) is 15.1 Å². The van der Waals surface area contributed by atoms with Crippen LogP contribution in [-0.2, 0) is 16.0 Å². The molecule has 6 nitrogen and oxygen atoms in total. The third-order valence-electron chi connectivity index (χ3n) is 3.45. The van der Waals surface area contributed by atoms with Gasteiger partial charge in [0.1, 0.15) is 5.82 Å². The summed E-state index contributed by atoms with van der Waals surface area (Å²) in [4.78, 5) is 11.7.